The smallest absolute Gasteiger partial charge is 0.419 e. The predicted octanol–water partition coefficient (Wildman–Crippen LogP) is 5.64. The number of hydrogen-bond donors (Lipinski definition) is 0. The number of ketones is 1. The quantitative estimate of drug-likeness (QED) is 0.480. The highest BCUT2D eigenvalue weighted by Crippen LogP contribution is 2.43. The van der Waals surface area contributed by atoms with Crippen LogP contribution in [-0.2, 0) is 27.3 Å². The molecule has 2 aliphatic rings. The predicted molar refractivity (Wildman–Crippen MR) is 131 cm³/mol. The molecule has 0 saturated carbocycles. The number of ether oxygens (including phenoxy) is 2. The Bertz CT molecular complexity index is 1290. The fourth-order valence-corrected chi connectivity index (χ4v) is 5.21. The summed E-state index contributed by atoms with van der Waals surface area (Å²) in [6.07, 6.45) is 0.270. The molecule has 5 rings (SSSR count). The maximum Gasteiger partial charge on any atom is 0.419 e. The van der Waals surface area contributed by atoms with Crippen molar-refractivity contribution in [3.05, 3.63) is 71.4 Å². The summed E-state index contributed by atoms with van der Waals surface area (Å²) >= 11 is 0. The van der Waals surface area contributed by atoms with Gasteiger partial charge in [0, 0.05) is 35.5 Å². The first-order valence-corrected chi connectivity index (χ1v) is 12.1. The van der Waals surface area contributed by atoms with E-state index in [1.807, 2.05) is 75.4 Å². The maximum absolute atomic E-state index is 13.3. The average Bonchev–Trinajstić information content (AvgIpc) is 2.93. The van der Waals surface area contributed by atoms with Gasteiger partial charge in [-0.05, 0) is 45.2 Å². The first kappa shape index (κ1) is 23.1. The number of Topliss-reactive ketones (excluding diaryl/α,β-unsaturated/α-hetero) is 1. The third-order valence-electron chi connectivity index (χ3n) is 6.75. The molecule has 3 aromatic rings. The number of rotatable bonds is 2. The van der Waals surface area contributed by atoms with E-state index in [1.54, 1.807) is 9.47 Å². The minimum Gasteiger partial charge on any atom is -0.445 e. The van der Waals surface area contributed by atoms with E-state index in [1.165, 1.54) is 0 Å². The van der Waals surface area contributed by atoms with Crippen LogP contribution in [0.25, 0.3) is 10.9 Å². The number of benzene rings is 2. The van der Waals surface area contributed by atoms with Crippen LogP contribution in [0.5, 0.6) is 0 Å². The minimum atomic E-state index is -0.668. The lowest BCUT2D eigenvalue weighted by atomic mass is 9.95. The summed E-state index contributed by atoms with van der Waals surface area (Å²) in [5, 5.41) is 0.856. The number of para-hydroxylation sites is 1. The van der Waals surface area contributed by atoms with Gasteiger partial charge in [-0.2, -0.15) is 0 Å². The summed E-state index contributed by atoms with van der Waals surface area (Å²) in [5.41, 5.74) is 2.55. The van der Waals surface area contributed by atoms with Gasteiger partial charge >= 0.3 is 12.2 Å². The summed E-state index contributed by atoms with van der Waals surface area (Å²) in [6.45, 7) is 6.08. The Hall–Kier alpha value is -3.61. The van der Waals surface area contributed by atoms with E-state index in [4.69, 9.17) is 9.47 Å². The molecule has 2 atom stereocenters. The molecule has 1 aromatic heterocycles. The molecule has 1 aliphatic carbocycles. The highest BCUT2D eigenvalue weighted by molar-refractivity contribution is 5.96. The number of fused-ring (bicyclic) bond motifs is 7. The number of likely N-dealkylation sites (tertiary alicyclic amines) is 1. The Labute approximate surface area is 204 Å². The van der Waals surface area contributed by atoms with Gasteiger partial charge in [-0.3, -0.25) is 4.79 Å². The van der Waals surface area contributed by atoms with E-state index in [9.17, 15) is 14.4 Å². The summed E-state index contributed by atoms with van der Waals surface area (Å²) in [4.78, 5) is 41.5. The topological polar surface area (TPSA) is 77.8 Å². The molecule has 1 amide bonds. The third kappa shape index (κ3) is 4.43. The Morgan fingerprint density at radius 2 is 1.69 bits per heavy atom. The molecular formula is C28H30N2O5. The van der Waals surface area contributed by atoms with Crippen molar-refractivity contribution in [1.82, 2.24) is 9.47 Å². The summed E-state index contributed by atoms with van der Waals surface area (Å²) in [6, 6.07) is 16.6. The van der Waals surface area contributed by atoms with E-state index in [0.717, 1.165) is 27.7 Å². The van der Waals surface area contributed by atoms with Gasteiger partial charge in [0.1, 0.15) is 18.0 Å². The first-order valence-electron chi connectivity index (χ1n) is 12.1. The fourth-order valence-electron chi connectivity index (χ4n) is 5.21. The molecular weight excluding hydrogens is 444 g/mol. The largest absolute Gasteiger partial charge is 0.445 e. The van der Waals surface area contributed by atoms with E-state index < -0.39 is 23.8 Å². The van der Waals surface area contributed by atoms with Crippen molar-refractivity contribution < 1.29 is 23.9 Å². The zero-order chi connectivity index (χ0) is 24.7. The van der Waals surface area contributed by atoms with Crippen LogP contribution in [-0.4, -0.2) is 39.6 Å². The molecule has 7 nitrogen and oxygen atoms in total. The molecule has 35 heavy (non-hydrogen) atoms. The third-order valence-corrected chi connectivity index (χ3v) is 6.75. The SMILES string of the molecule is CC(C)(C)OC(=O)n1c2c(c3ccccc31)C1CC(=O)C(CCN1C(=O)OCc1ccccc1)C2. The van der Waals surface area contributed by atoms with E-state index in [2.05, 4.69) is 0 Å². The van der Waals surface area contributed by atoms with Gasteiger partial charge in [0.15, 0.2) is 0 Å². The second-order valence-electron chi connectivity index (χ2n) is 10.3. The highest BCUT2D eigenvalue weighted by Gasteiger charge is 2.43. The van der Waals surface area contributed by atoms with Crippen molar-refractivity contribution in [3.8, 4) is 0 Å². The first-order chi connectivity index (χ1) is 16.7. The van der Waals surface area contributed by atoms with Crippen LogP contribution in [0.2, 0.25) is 0 Å². The monoisotopic (exact) mass is 474 g/mol. The molecule has 2 bridgehead atoms. The molecule has 7 heteroatoms. The van der Waals surface area contributed by atoms with Gasteiger partial charge in [-0.15, -0.1) is 0 Å². The highest BCUT2D eigenvalue weighted by atomic mass is 16.6. The zero-order valence-electron chi connectivity index (χ0n) is 20.3. The van der Waals surface area contributed by atoms with E-state index in [0.29, 0.717) is 19.4 Å². The number of aromatic nitrogens is 1. The van der Waals surface area contributed by atoms with Gasteiger partial charge in [0.2, 0.25) is 0 Å². The van der Waals surface area contributed by atoms with Crippen molar-refractivity contribution in [2.75, 3.05) is 6.54 Å². The summed E-state index contributed by atoms with van der Waals surface area (Å²) < 4.78 is 13.0. The van der Waals surface area contributed by atoms with Crippen LogP contribution in [0.15, 0.2) is 54.6 Å². The lowest BCUT2D eigenvalue weighted by molar-refractivity contribution is -0.122. The lowest BCUT2D eigenvalue weighted by Gasteiger charge is -2.31. The van der Waals surface area contributed by atoms with Crippen molar-refractivity contribution in [1.29, 1.82) is 0 Å². The molecule has 1 fully saturated rings. The van der Waals surface area contributed by atoms with Crippen LogP contribution in [0.3, 0.4) is 0 Å². The lowest BCUT2D eigenvalue weighted by Crippen LogP contribution is -2.37. The Morgan fingerprint density at radius 3 is 2.43 bits per heavy atom. The summed E-state index contributed by atoms with van der Waals surface area (Å²) in [7, 11) is 0. The van der Waals surface area contributed by atoms with Gasteiger partial charge in [-0.1, -0.05) is 48.5 Å². The second-order valence-corrected chi connectivity index (χ2v) is 10.3. The van der Waals surface area contributed by atoms with Crippen molar-refractivity contribution in [2.45, 2.75) is 58.3 Å². The number of nitrogens with zero attached hydrogens (tertiary/aromatic N) is 2. The standard InChI is InChI=1S/C28H30N2O5/c1-28(2,3)35-27(33)30-21-12-8-7-11-20(21)25-22-16-24(31)19(15-23(25)30)13-14-29(22)26(32)34-17-18-9-5-4-6-10-18/h4-12,19,22H,13-17H2,1-3H3. The summed E-state index contributed by atoms with van der Waals surface area (Å²) in [5.74, 6) is -0.152. The van der Waals surface area contributed by atoms with Crippen LogP contribution < -0.4 is 0 Å². The molecule has 2 unspecified atom stereocenters. The van der Waals surface area contributed by atoms with Crippen LogP contribution >= 0.6 is 0 Å². The average molecular weight is 475 g/mol. The number of carbonyl (C=O) groups is 3. The molecule has 0 N–H and O–H groups in total. The maximum atomic E-state index is 13.3. The molecule has 1 saturated heterocycles. The fraction of sp³-hybridized carbons (Fsp3) is 0.393. The van der Waals surface area contributed by atoms with Crippen LogP contribution in [0, 0.1) is 5.92 Å². The van der Waals surface area contributed by atoms with E-state index in [-0.39, 0.29) is 24.7 Å². The van der Waals surface area contributed by atoms with Crippen LogP contribution in [0.4, 0.5) is 9.59 Å². The van der Waals surface area contributed by atoms with Gasteiger partial charge < -0.3 is 14.4 Å². The molecule has 2 heterocycles. The van der Waals surface area contributed by atoms with Crippen molar-refractivity contribution in [3.63, 3.8) is 0 Å². The number of hydrogen-bond acceptors (Lipinski definition) is 5. The second kappa shape index (κ2) is 8.87. The Kier molecular flexibility index (Phi) is 5.87. The minimum absolute atomic E-state index is 0.115. The molecule has 1 aliphatic heterocycles. The van der Waals surface area contributed by atoms with Crippen molar-refractivity contribution >= 4 is 28.9 Å². The zero-order valence-corrected chi connectivity index (χ0v) is 20.3. The normalized spacial score (nSPS) is 19.7. The van der Waals surface area contributed by atoms with Gasteiger partial charge in [-0.25, -0.2) is 14.2 Å². The Morgan fingerprint density at radius 1 is 0.971 bits per heavy atom. The molecule has 0 radical (unpaired) electrons. The van der Waals surface area contributed by atoms with Crippen LogP contribution in [0.1, 0.15) is 56.5 Å². The van der Waals surface area contributed by atoms with Gasteiger partial charge in [0.05, 0.1) is 11.6 Å². The number of carbonyl (C=O) groups excluding carboxylic acids is 3. The van der Waals surface area contributed by atoms with Gasteiger partial charge in [0.25, 0.3) is 0 Å². The number of amides is 1. The molecule has 2 aromatic carbocycles. The molecule has 0 spiro atoms. The Balaban J connectivity index is 1.57. The van der Waals surface area contributed by atoms with Crippen molar-refractivity contribution in [2.24, 2.45) is 5.92 Å². The van der Waals surface area contributed by atoms with E-state index >= 15 is 0 Å². The molecule has 182 valence electrons.